The number of hydrogen-bond donors (Lipinski definition) is 0. The standard InChI is InChI=1S/C27H27N3O6/c1-3-33-27(32)19-8-5-11-30(15-19)26(31)21-14-28-24(18-7-4-6-17(2)12-18)29-25(21)36-20-9-10-22-23(13-20)35-16-34-22/h4,6-7,9-10,12-14,19H,3,5,8,11,15-16H2,1-2H3/t19-/m0/s1. The van der Waals surface area contributed by atoms with Crippen LogP contribution in [0.25, 0.3) is 11.4 Å². The minimum absolute atomic E-state index is 0.128. The number of piperidine rings is 1. The van der Waals surface area contributed by atoms with Crippen molar-refractivity contribution >= 4 is 11.9 Å². The molecule has 0 unspecified atom stereocenters. The van der Waals surface area contributed by atoms with E-state index in [1.165, 1.54) is 6.20 Å². The Morgan fingerprint density at radius 2 is 2.00 bits per heavy atom. The predicted octanol–water partition coefficient (Wildman–Crippen LogP) is 4.39. The second kappa shape index (κ2) is 10.2. The average molecular weight is 490 g/mol. The highest BCUT2D eigenvalue weighted by Gasteiger charge is 2.32. The van der Waals surface area contributed by atoms with E-state index >= 15 is 0 Å². The van der Waals surface area contributed by atoms with Crippen LogP contribution in [-0.4, -0.2) is 53.2 Å². The van der Waals surface area contributed by atoms with Crippen molar-refractivity contribution < 1.29 is 28.5 Å². The molecular formula is C27H27N3O6. The molecule has 9 heteroatoms. The molecule has 5 rings (SSSR count). The molecule has 3 heterocycles. The highest BCUT2D eigenvalue weighted by atomic mass is 16.7. The SMILES string of the molecule is CCOC(=O)[C@H]1CCCN(C(=O)c2cnc(-c3cccc(C)c3)nc2Oc2ccc3c(c2)OCO3)C1. The van der Waals surface area contributed by atoms with E-state index in [0.717, 1.165) is 11.1 Å². The maximum absolute atomic E-state index is 13.6. The molecule has 3 aromatic rings. The Balaban J connectivity index is 1.47. The number of hydrogen-bond acceptors (Lipinski definition) is 8. The first-order valence-electron chi connectivity index (χ1n) is 12.0. The Hall–Kier alpha value is -4.14. The number of aromatic nitrogens is 2. The second-order valence-electron chi connectivity index (χ2n) is 8.74. The van der Waals surface area contributed by atoms with Gasteiger partial charge in [-0.25, -0.2) is 4.98 Å². The normalized spacial score (nSPS) is 16.5. The van der Waals surface area contributed by atoms with Crippen LogP contribution in [0.1, 0.15) is 35.7 Å². The molecule has 2 aliphatic heterocycles. The second-order valence-corrected chi connectivity index (χ2v) is 8.74. The number of aryl methyl sites for hydroxylation is 1. The van der Waals surface area contributed by atoms with Crippen LogP contribution >= 0.6 is 0 Å². The van der Waals surface area contributed by atoms with Gasteiger partial charge in [-0.1, -0.05) is 23.8 Å². The van der Waals surface area contributed by atoms with E-state index in [-0.39, 0.29) is 42.6 Å². The molecule has 2 aliphatic rings. The highest BCUT2D eigenvalue weighted by Crippen LogP contribution is 2.37. The van der Waals surface area contributed by atoms with Crippen molar-refractivity contribution in [2.24, 2.45) is 5.92 Å². The maximum atomic E-state index is 13.6. The molecule has 0 N–H and O–H groups in total. The predicted molar refractivity (Wildman–Crippen MR) is 130 cm³/mol. The molecule has 0 bridgehead atoms. The summed E-state index contributed by atoms with van der Waals surface area (Å²) in [6.07, 6.45) is 2.88. The molecule has 186 valence electrons. The van der Waals surface area contributed by atoms with Crippen molar-refractivity contribution in [1.82, 2.24) is 14.9 Å². The first-order valence-corrected chi connectivity index (χ1v) is 12.0. The van der Waals surface area contributed by atoms with Crippen molar-refractivity contribution in [3.05, 3.63) is 59.8 Å². The molecule has 1 aromatic heterocycles. The summed E-state index contributed by atoms with van der Waals surface area (Å²) in [4.78, 5) is 36.6. The third-order valence-electron chi connectivity index (χ3n) is 6.15. The van der Waals surface area contributed by atoms with Gasteiger partial charge in [0, 0.05) is 30.9 Å². The van der Waals surface area contributed by atoms with Gasteiger partial charge in [-0.2, -0.15) is 4.98 Å². The lowest BCUT2D eigenvalue weighted by molar-refractivity contribution is -0.149. The van der Waals surface area contributed by atoms with Gasteiger partial charge in [0.2, 0.25) is 12.7 Å². The Kier molecular flexibility index (Phi) is 6.71. The zero-order chi connectivity index (χ0) is 25.1. The van der Waals surface area contributed by atoms with Crippen LogP contribution in [0.2, 0.25) is 0 Å². The Morgan fingerprint density at radius 1 is 1.14 bits per heavy atom. The Morgan fingerprint density at radius 3 is 2.83 bits per heavy atom. The third-order valence-corrected chi connectivity index (χ3v) is 6.15. The van der Waals surface area contributed by atoms with E-state index in [4.69, 9.17) is 18.9 Å². The number of carbonyl (C=O) groups is 2. The van der Waals surface area contributed by atoms with Gasteiger partial charge in [0.25, 0.3) is 5.91 Å². The fraction of sp³-hybridized carbons (Fsp3) is 0.333. The fourth-order valence-corrected chi connectivity index (χ4v) is 4.35. The van der Waals surface area contributed by atoms with Crippen LogP contribution in [-0.2, 0) is 9.53 Å². The number of benzene rings is 2. The van der Waals surface area contributed by atoms with E-state index in [9.17, 15) is 9.59 Å². The van der Waals surface area contributed by atoms with Crippen molar-refractivity contribution in [3.8, 4) is 34.5 Å². The van der Waals surface area contributed by atoms with E-state index < -0.39 is 0 Å². The quantitative estimate of drug-likeness (QED) is 0.470. The third kappa shape index (κ3) is 4.95. The average Bonchev–Trinajstić information content (AvgIpc) is 3.36. The summed E-state index contributed by atoms with van der Waals surface area (Å²) in [5, 5.41) is 0. The van der Waals surface area contributed by atoms with Gasteiger partial charge < -0.3 is 23.8 Å². The van der Waals surface area contributed by atoms with Gasteiger partial charge in [-0.15, -0.1) is 0 Å². The minimum Gasteiger partial charge on any atom is -0.466 e. The zero-order valence-corrected chi connectivity index (χ0v) is 20.2. The number of fused-ring (bicyclic) bond motifs is 1. The summed E-state index contributed by atoms with van der Waals surface area (Å²) >= 11 is 0. The first kappa shape index (κ1) is 23.6. The Bertz CT molecular complexity index is 1290. The summed E-state index contributed by atoms with van der Waals surface area (Å²) in [5.41, 5.74) is 2.09. The molecule has 2 aromatic carbocycles. The maximum Gasteiger partial charge on any atom is 0.310 e. The first-order chi connectivity index (χ1) is 17.5. The van der Waals surface area contributed by atoms with Crippen LogP contribution in [0, 0.1) is 12.8 Å². The summed E-state index contributed by atoms with van der Waals surface area (Å²) in [6.45, 7) is 5.02. The van der Waals surface area contributed by atoms with Crippen LogP contribution in [0.3, 0.4) is 0 Å². The molecule has 0 aliphatic carbocycles. The zero-order valence-electron chi connectivity index (χ0n) is 20.2. The van der Waals surface area contributed by atoms with Crippen molar-refractivity contribution in [3.63, 3.8) is 0 Å². The monoisotopic (exact) mass is 489 g/mol. The van der Waals surface area contributed by atoms with E-state index in [2.05, 4.69) is 9.97 Å². The minimum atomic E-state index is -0.353. The van der Waals surface area contributed by atoms with Gasteiger partial charge in [0.1, 0.15) is 11.3 Å². The summed E-state index contributed by atoms with van der Waals surface area (Å²) in [5.74, 6) is 1.27. The molecule has 0 radical (unpaired) electrons. The number of esters is 1. The summed E-state index contributed by atoms with van der Waals surface area (Å²) in [6, 6.07) is 13.0. The number of likely N-dealkylation sites (tertiary alicyclic amines) is 1. The van der Waals surface area contributed by atoms with Gasteiger partial charge in [-0.3, -0.25) is 9.59 Å². The number of carbonyl (C=O) groups excluding carboxylic acids is 2. The fourth-order valence-electron chi connectivity index (χ4n) is 4.35. The molecule has 1 atom stereocenters. The van der Waals surface area contributed by atoms with Gasteiger partial charge in [0.15, 0.2) is 17.3 Å². The number of amides is 1. The highest BCUT2D eigenvalue weighted by molar-refractivity contribution is 5.96. The van der Waals surface area contributed by atoms with Crippen LogP contribution in [0.5, 0.6) is 23.1 Å². The van der Waals surface area contributed by atoms with Crippen LogP contribution in [0.15, 0.2) is 48.7 Å². The van der Waals surface area contributed by atoms with E-state index in [1.54, 1.807) is 30.0 Å². The molecule has 0 spiro atoms. The van der Waals surface area contributed by atoms with E-state index in [0.29, 0.717) is 49.1 Å². The molecule has 36 heavy (non-hydrogen) atoms. The lowest BCUT2D eigenvalue weighted by Crippen LogP contribution is -2.43. The van der Waals surface area contributed by atoms with Crippen LogP contribution in [0.4, 0.5) is 0 Å². The van der Waals surface area contributed by atoms with Gasteiger partial charge in [-0.05, 0) is 44.9 Å². The molecular weight excluding hydrogens is 462 g/mol. The molecule has 1 saturated heterocycles. The largest absolute Gasteiger partial charge is 0.466 e. The van der Waals surface area contributed by atoms with Gasteiger partial charge in [0.05, 0.1) is 12.5 Å². The molecule has 0 saturated carbocycles. The number of ether oxygens (including phenoxy) is 4. The van der Waals surface area contributed by atoms with Crippen LogP contribution < -0.4 is 14.2 Å². The van der Waals surface area contributed by atoms with Crippen molar-refractivity contribution in [2.45, 2.75) is 26.7 Å². The Labute approximate surface area is 209 Å². The van der Waals surface area contributed by atoms with Crippen molar-refractivity contribution in [2.75, 3.05) is 26.5 Å². The molecule has 1 fully saturated rings. The van der Waals surface area contributed by atoms with Crippen molar-refractivity contribution in [1.29, 1.82) is 0 Å². The molecule has 1 amide bonds. The summed E-state index contributed by atoms with van der Waals surface area (Å²) in [7, 11) is 0. The lowest BCUT2D eigenvalue weighted by Gasteiger charge is -2.31. The number of nitrogens with zero attached hydrogens (tertiary/aromatic N) is 3. The lowest BCUT2D eigenvalue weighted by atomic mass is 9.97. The molecule has 9 nitrogen and oxygen atoms in total. The smallest absolute Gasteiger partial charge is 0.310 e. The topological polar surface area (TPSA) is 100 Å². The van der Waals surface area contributed by atoms with E-state index in [1.807, 2.05) is 31.2 Å². The summed E-state index contributed by atoms with van der Waals surface area (Å²) < 4.78 is 22.1. The van der Waals surface area contributed by atoms with Gasteiger partial charge >= 0.3 is 5.97 Å². The number of rotatable bonds is 6.